The van der Waals surface area contributed by atoms with Gasteiger partial charge in [-0.15, -0.1) is 0 Å². The first-order valence-corrected chi connectivity index (χ1v) is 7.65. The monoisotopic (exact) mass is 323 g/mol. The van der Waals surface area contributed by atoms with E-state index in [0.717, 1.165) is 5.56 Å². The normalized spacial score (nSPS) is 21.8. The summed E-state index contributed by atoms with van der Waals surface area (Å²) in [7, 11) is 0. The molecule has 0 radical (unpaired) electrons. The molecule has 126 valence electrons. The number of ether oxygens (including phenoxy) is 1. The number of carbonyl (C=O) groups is 2. The molecule has 0 spiro atoms. The van der Waals surface area contributed by atoms with Crippen LogP contribution in [0.3, 0.4) is 0 Å². The molecule has 1 saturated heterocycles. The van der Waals surface area contributed by atoms with E-state index < -0.39 is 23.7 Å². The number of carbonyl (C=O) groups excluding carboxylic acids is 1. The minimum absolute atomic E-state index is 0.103. The van der Waals surface area contributed by atoms with E-state index in [4.69, 9.17) is 4.74 Å². The number of carboxylic acids is 1. The zero-order valence-corrected chi connectivity index (χ0v) is 13.6. The Bertz CT molecular complexity index is 597. The van der Waals surface area contributed by atoms with Crippen LogP contribution in [0.4, 0.5) is 9.18 Å². The quantitative estimate of drug-likeness (QED) is 0.906. The number of hydrogen-bond acceptors (Lipinski definition) is 3. The SMILES string of the molecule is CC(C)(C)OC(=O)N1CC(c2cccc(F)c2)CCC1C(=O)O. The maximum Gasteiger partial charge on any atom is 0.411 e. The van der Waals surface area contributed by atoms with Gasteiger partial charge < -0.3 is 9.84 Å². The molecule has 1 heterocycles. The summed E-state index contributed by atoms with van der Waals surface area (Å²) in [6, 6.07) is 5.29. The van der Waals surface area contributed by atoms with E-state index in [1.807, 2.05) is 0 Å². The van der Waals surface area contributed by atoms with Crippen molar-refractivity contribution in [2.75, 3.05) is 6.54 Å². The third kappa shape index (κ3) is 4.43. The lowest BCUT2D eigenvalue weighted by atomic mass is 9.87. The molecule has 0 bridgehead atoms. The minimum Gasteiger partial charge on any atom is -0.480 e. The van der Waals surface area contributed by atoms with Crippen molar-refractivity contribution in [3.05, 3.63) is 35.6 Å². The van der Waals surface area contributed by atoms with Crippen molar-refractivity contribution in [3.63, 3.8) is 0 Å². The van der Waals surface area contributed by atoms with Gasteiger partial charge in [0.15, 0.2) is 0 Å². The van der Waals surface area contributed by atoms with Crippen LogP contribution in [-0.4, -0.2) is 40.3 Å². The average Bonchev–Trinajstić information content (AvgIpc) is 2.44. The molecule has 2 unspecified atom stereocenters. The van der Waals surface area contributed by atoms with Crippen LogP contribution in [0.1, 0.15) is 45.1 Å². The van der Waals surface area contributed by atoms with E-state index in [1.54, 1.807) is 32.9 Å². The molecule has 2 atom stereocenters. The number of hydrogen-bond donors (Lipinski definition) is 1. The van der Waals surface area contributed by atoms with E-state index in [9.17, 15) is 19.1 Å². The van der Waals surface area contributed by atoms with E-state index in [2.05, 4.69) is 0 Å². The third-order valence-electron chi connectivity index (χ3n) is 3.82. The standard InChI is InChI=1S/C17H22FNO4/c1-17(2,3)23-16(22)19-10-12(7-8-14(19)15(20)21)11-5-4-6-13(18)9-11/h4-6,9,12,14H,7-8,10H2,1-3H3,(H,20,21). The summed E-state index contributed by atoms with van der Waals surface area (Å²) in [6.45, 7) is 5.40. The fourth-order valence-corrected chi connectivity index (χ4v) is 2.78. The molecular formula is C17H22FNO4. The molecule has 2 rings (SSSR count). The number of carboxylic acid groups (broad SMARTS) is 1. The highest BCUT2D eigenvalue weighted by Crippen LogP contribution is 2.31. The molecule has 5 nitrogen and oxygen atoms in total. The Morgan fingerprint density at radius 2 is 2.00 bits per heavy atom. The Balaban J connectivity index is 2.20. The maximum atomic E-state index is 13.4. The number of halogens is 1. The van der Waals surface area contributed by atoms with Crippen LogP contribution < -0.4 is 0 Å². The molecule has 1 aliphatic heterocycles. The lowest BCUT2D eigenvalue weighted by molar-refractivity contribution is -0.144. The van der Waals surface area contributed by atoms with Gasteiger partial charge in [0, 0.05) is 12.5 Å². The first kappa shape index (κ1) is 17.2. The molecule has 1 fully saturated rings. The molecular weight excluding hydrogens is 301 g/mol. The Morgan fingerprint density at radius 1 is 1.30 bits per heavy atom. The van der Waals surface area contributed by atoms with Crippen molar-refractivity contribution < 1.29 is 23.8 Å². The number of aliphatic carboxylic acids is 1. The van der Waals surface area contributed by atoms with Gasteiger partial charge in [-0.25, -0.2) is 14.0 Å². The van der Waals surface area contributed by atoms with Crippen molar-refractivity contribution in [2.24, 2.45) is 0 Å². The fourth-order valence-electron chi connectivity index (χ4n) is 2.78. The second kappa shape index (κ2) is 6.56. The van der Waals surface area contributed by atoms with Crippen LogP contribution in [0, 0.1) is 5.82 Å². The predicted molar refractivity (Wildman–Crippen MR) is 82.7 cm³/mol. The van der Waals surface area contributed by atoms with E-state index in [1.165, 1.54) is 17.0 Å². The van der Waals surface area contributed by atoms with Crippen LogP contribution in [0.25, 0.3) is 0 Å². The zero-order valence-electron chi connectivity index (χ0n) is 13.6. The molecule has 1 N–H and O–H groups in total. The maximum absolute atomic E-state index is 13.4. The summed E-state index contributed by atoms with van der Waals surface area (Å²) in [5.74, 6) is -1.49. The Labute approximate surface area is 135 Å². The lowest BCUT2D eigenvalue weighted by Crippen LogP contribution is -2.51. The summed E-state index contributed by atoms with van der Waals surface area (Å²) in [6.07, 6.45) is 0.251. The van der Waals surface area contributed by atoms with Crippen molar-refractivity contribution in [1.29, 1.82) is 0 Å². The van der Waals surface area contributed by atoms with Crippen molar-refractivity contribution in [3.8, 4) is 0 Å². The van der Waals surface area contributed by atoms with Gasteiger partial charge in [-0.3, -0.25) is 4.90 Å². The molecule has 1 aliphatic rings. The Hall–Kier alpha value is -2.11. The highest BCUT2D eigenvalue weighted by atomic mass is 19.1. The smallest absolute Gasteiger partial charge is 0.411 e. The van der Waals surface area contributed by atoms with Gasteiger partial charge in [0.25, 0.3) is 0 Å². The fraction of sp³-hybridized carbons (Fsp3) is 0.529. The van der Waals surface area contributed by atoms with Crippen LogP contribution in [0.15, 0.2) is 24.3 Å². The second-order valence-electron chi connectivity index (χ2n) is 6.82. The molecule has 1 aromatic carbocycles. The van der Waals surface area contributed by atoms with E-state index in [-0.39, 0.29) is 18.3 Å². The molecule has 23 heavy (non-hydrogen) atoms. The van der Waals surface area contributed by atoms with Gasteiger partial charge >= 0.3 is 12.1 Å². The topological polar surface area (TPSA) is 66.8 Å². The van der Waals surface area contributed by atoms with Crippen molar-refractivity contribution in [1.82, 2.24) is 4.90 Å². The van der Waals surface area contributed by atoms with Crippen LogP contribution in [0.2, 0.25) is 0 Å². The molecule has 0 saturated carbocycles. The van der Waals surface area contributed by atoms with Crippen molar-refractivity contribution in [2.45, 2.75) is 51.2 Å². The largest absolute Gasteiger partial charge is 0.480 e. The predicted octanol–water partition coefficient (Wildman–Crippen LogP) is 3.39. The summed E-state index contributed by atoms with van der Waals surface area (Å²) in [5.41, 5.74) is 0.0637. The summed E-state index contributed by atoms with van der Waals surface area (Å²) >= 11 is 0. The first-order chi connectivity index (χ1) is 10.7. The molecule has 1 aromatic rings. The number of benzene rings is 1. The molecule has 6 heteroatoms. The molecule has 0 aliphatic carbocycles. The third-order valence-corrected chi connectivity index (χ3v) is 3.82. The van der Waals surface area contributed by atoms with Gasteiger partial charge in [-0.1, -0.05) is 12.1 Å². The van der Waals surface area contributed by atoms with Gasteiger partial charge in [-0.05, 0) is 51.3 Å². The van der Waals surface area contributed by atoms with E-state index >= 15 is 0 Å². The number of amides is 1. The average molecular weight is 323 g/mol. The van der Waals surface area contributed by atoms with Crippen LogP contribution in [-0.2, 0) is 9.53 Å². The van der Waals surface area contributed by atoms with Crippen LogP contribution >= 0.6 is 0 Å². The number of nitrogens with zero attached hydrogens (tertiary/aromatic N) is 1. The highest BCUT2D eigenvalue weighted by Gasteiger charge is 2.38. The molecule has 1 amide bonds. The van der Waals surface area contributed by atoms with E-state index in [0.29, 0.717) is 12.8 Å². The van der Waals surface area contributed by atoms with Gasteiger partial charge in [0.1, 0.15) is 17.5 Å². The zero-order chi connectivity index (χ0) is 17.2. The summed E-state index contributed by atoms with van der Waals surface area (Å²) < 4.78 is 18.7. The van der Waals surface area contributed by atoms with Gasteiger partial charge in [0.2, 0.25) is 0 Å². The second-order valence-corrected chi connectivity index (χ2v) is 6.82. The first-order valence-electron chi connectivity index (χ1n) is 7.65. The summed E-state index contributed by atoms with van der Waals surface area (Å²) in [5, 5.41) is 9.35. The molecule has 0 aromatic heterocycles. The van der Waals surface area contributed by atoms with Crippen LogP contribution in [0.5, 0.6) is 0 Å². The van der Waals surface area contributed by atoms with Gasteiger partial charge in [-0.2, -0.15) is 0 Å². The van der Waals surface area contributed by atoms with Gasteiger partial charge in [0.05, 0.1) is 0 Å². The summed E-state index contributed by atoms with van der Waals surface area (Å²) in [4.78, 5) is 25.0. The van der Waals surface area contributed by atoms with Crippen molar-refractivity contribution >= 4 is 12.1 Å². The number of rotatable bonds is 2. The lowest BCUT2D eigenvalue weighted by Gasteiger charge is -2.38. The minimum atomic E-state index is -1.05. The number of likely N-dealkylation sites (tertiary alicyclic amines) is 1. The Morgan fingerprint density at radius 3 is 2.57 bits per heavy atom. The number of piperidine rings is 1. The highest BCUT2D eigenvalue weighted by molar-refractivity contribution is 5.80. The Kier molecular flexibility index (Phi) is 4.92.